The van der Waals surface area contributed by atoms with Crippen LogP contribution in [0.3, 0.4) is 0 Å². The summed E-state index contributed by atoms with van der Waals surface area (Å²) >= 11 is 0. The Morgan fingerprint density at radius 2 is 1.59 bits per heavy atom. The standard InChI is InChI=1S/C15H28N2/c1-2-4-6-14(5-3-1)17-12-9-15(13-17)7-10-16-11-8-15/h14,16H,1-13H2. The maximum Gasteiger partial charge on any atom is 0.00954 e. The van der Waals surface area contributed by atoms with E-state index in [1.807, 2.05) is 0 Å². The van der Waals surface area contributed by atoms with E-state index in [1.165, 1.54) is 84.0 Å². The molecule has 1 spiro atoms. The van der Waals surface area contributed by atoms with Crippen LogP contribution in [0.1, 0.15) is 57.8 Å². The molecule has 0 aromatic rings. The number of nitrogens with zero attached hydrogens (tertiary/aromatic N) is 1. The second-order valence-electron chi connectivity index (χ2n) is 6.62. The lowest BCUT2D eigenvalue weighted by molar-refractivity contribution is 0.160. The predicted octanol–water partition coefficient (Wildman–Crippen LogP) is 2.78. The summed E-state index contributed by atoms with van der Waals surface area (Å²) in [6.07, 6.45) is 13.2. The van der Waals surface area contributed by atoms with Crippen LogP contribution in [0.2, 0.25) is 0 Å². The first kappa shape index (κ1) is 12.0. The normalized spacial score (nSPS) is 31.8. The Bertz CT molecular complexity index is 237. The molecule has 1 saturated carbocycles. The van der Waals surface area contributed by atoms with Crippen LogP contribution in [0.4, 0.5) is 0 Å². The van der Waals surface area contributed by atoms with E-state index in [0.717, 1.165) is 6.04 Å². The highest BCUT2D eigenvalue weighted by atomic mass is 15.2. The molecule has 0 aromatic carbocycles. The highest BCUT2D eigenvalue weighted by molar-refractivity contribution is 4.95. The predicted molar refractivity (Wildman–Crippen MR) is 72.2 cm³/mol. The Balaban J connectivity index is 1.58. The van der Waals surface area contributed by atoms with Gasteiger partial charge >= 0.3 is 0 Å². The Kier molecular flexibility index (Phi) is 3.72. The smallest absolute Gasteiger partial charge is 0.00954 e. The minimum atomic E-state index is 0.706. The van der Waals surface area contributed by atoms with Crippen LogP contribution in [0, 0.1) is 5.41 Å². The van der Waals surface area contributed by atoms with E-state index in [9.17, 15) is 0 Å². The van der Waals surface area contributed by atoms with Gasteiger partial charge in [0, 0.05) is 12.6 Å². The molecule has 2 nitrogen and oxygen atoms in total. The van der Waals surface area contributed by atoms with Gasteiger partial charge < -0.3 is 5.32 Å². The van der Waals surface area contributed by atoms with Crippen molar-refractivity contribution in [1.82, 2.24) is 10.2 Å². The number of nitrogens with one attached hydrogen (secondary N) is 1. The number of rotatable bonds is 1. The monoisotopic (exact) mass is 236 g/mol. The SMILES string of the molecule is C1CCCC(N2CCC3(CCNCC3)C2)CC1. The third-order valence-corrected chi connectivity index (χ3v) is 5.47. The summed E-state index contributed by atoms with van der Waals surface area (Å²) in [5.74, 6) is 0. The Labute approximate surface area is 106 Å². The van der Waals surface area contributed by atoms with E-state index in [0.29, 0.717) is 5.41 Å². The van der Waals surface area contributed by atoms with Crippen molar-refractivity contribution in [3.8, 4) is 0 Å². The molecule has 2 heteroatoms. The van der Waals surface area contributed by atoms with Crippen LogP contribution in [0.15, 0.2) is 0 Å². The van der Waals surface area contributed by atoms with Crippen molar-refractivity contribution in [3.63, 3.8) is 0 Å². The number of hydrogen-bond acceptors (Lipinski definition) is 2. The first-order valence-corrected chi connectivity index (χ1v) is 7.83. The van der Waals surface area contributed by atoms with Gasteiger partial charge in [0.2, 0.25) is 0 Å². The Hall–Kier alpha value is -0.0800. The molecule has 2 aliphatic heterocycles. The summed E-state index contributed by atoms with van der Waals surface area (Å²) in [6.45, 7) is 5.33. The summed E-state index contributed by atoms with van der Waals surface area (Å²) in [6, 6.07) is 0.937. The molecule has 98 valence electrons. The van der Waals surface area contributed by atoms with Crippen molar-refractivity contribution in [2.24, 2.45) is 5.41 Å². The lowest BCUT2D eigenvalue weighted by Crippen LogP contribution is -2.40. The molecule has 0 atom stereocenters. The van der Waals surface area contributed by atoms with Crippen LogP contribution in [0.25, 0.3) is 0 Å². The van der Waals surface area contributed by atoms with Gasteiger partial charge in [-0.05, 0) is 57.2 Å². The van der Waals surface area contributed by atoms with Gasteiger partial charge in [-0.1, -0.05) is 25.7 Å². The number of piperidine rings is 1. The number of hydrogen-bond donors (Lipinski definition) is 1. The molecule has 3 rings (SSSR count). The van der Waals surface area contributed by atoms with Crippen LogP contribution in [-0.2, 0) is 0 Å². The molecule has 3 fully saturated rings. The quantitative estimate of drug-likeness (QED) is 0.704. The highest BCUT2D eigenvalue weighted by Crippen LogP contribution is 2.40. The molecule has 2 heterocycles. The van der Waals surface area contributed by atoms with E-state index in [4.69, 9.17) is 0 Å². The summed E-state index contributed by atoms with van der Waals surface area (Å²) in [4.78, 5) is 2.86. The van der Waals surface area contributed by atoms with E-state index >= 15 is 0 Å². The molecule has 2 saturated heterocycles. The average molecular weight is 236 g/mol. The summed E-state index contributed by atoms with van der Waals surface area (Å²) in [7, 11) is 0. The average Bonchev–Trinajstić information content (AvgIpc) is 2.61. The lowest BCUT2D eigenvalue weighted by Gasteiger charge is -2.35. The van der Waals surface area contributed by atoms with Gasteiger partial charge in [0.25, 0.3) is 0 Å². The summed E-state index contributed by atoms with van der Waals surface area (Å²) in [5, 5.41) is 3.52. The number of likely N-dealkylation sites (tertiary alicyclic amines) is 1. The zero-order chi connectivity index (χ0) is 11.6. The molecule has 0 radical (unpaired) electrons. The zero-order valence-electron chi connectivity index (χ0n) is 11.2. The van der Waals surface area contributed by atoms with Gasteiger partial charge in [0.05, 0.1) is 0 Å². The van der Waals surface area contributed by atoms with Gasteiger partial charge in [0.15, 0.2) is 0 Å². The largest absolute Gasteiger partial charge is 0.317 e. The molecule has 17 heavy (non-hydrogen) atoms. The van der Waals surface area contributed by atoms with Gasteiger partial charge in [-0.15, -0.1) is 0 Å². The molecule has 3 aliphatic rings. The van der Waals surface area contributed by atoms with Gasteiger partial charge in [-0.2, -0.15) is 0 Å². The lowest BCUT2D eigenvalue weighted by atomic mass is 9.78. The Morgan fingerprint density at radius 1 is 0.882 bits per heavy atom. The maximum absolute atomic E-state index is 3.52. The van der Waals surface area contributed by atoms with E-state index < -0.39 is 0 Å². The van der Waals surface area contributed by atoms with Gasteiger partial charge in [-0.3, -0.25) is 4.90 Å². The first-order chi connectivity index (χ1) is 8.38. The third-order valence-electron chi connectivity index (χ3n) is 5.47. The summed E-state index contributed by atoms with van der Waals surface area (Å²) in [5.41, 5.74) is 0.706. The molecule has 1 N–H and O–H groups in total. The second-order valence-corrected chi connectivity index (χ2v) is 6.62. The van der Waals surface area contributed by atoms with Crippen molar-refractivity contribution >= 4 is 0 Å². The van der Waals surface area contributed by atoms with Gasteiger partial charge in [0.1, 0.15) is 0 Å². The molecule has 1 aliphatic carbocycles. The van der Waals surface area contributed by atoms with Crippen LogP contribution >= 0.6 is 0 Å². The van der Waals surface area contributed by atoms with Crippen LogP contribution < -0.4 is 5.32 Å². The zero-order valence-corrected chi connectivity index (χ0v) is 11.2. The van der Waals surface area contributed by atoms with Crippen molar-refractivity contribution in [2.75, 3.05) is 26.2 Å². The van der Waals surface area contributed by atoms with Gasteiger partial charge in [-0.25, -0.2) is 0 Å². The molecular formula is C15H28N2. The van der Waals surface area contributed by atoms with Crippen LogP contribution in [0.5, 0.6) is 0 Å². The fourth-order valence-corrected chi connectivity index (χ4v) is 4.27. The topological polar surface area (TPSA) is 15.3 Å². The molecule has 0 bridgehead atoms. The first-order valence-electron chi connectivity index (χ1n) is 7.83. The Morgan fingerprint density at radius 3 is 2.29 bits per heavy atom. The maximum atomic E-state index is 3.52. The molecule has 0 unspecified atom stereocenters. The summed E-state index contributed by atoms with van der Waals surface area (Å²) < 4.78 is 0. The third kappa shape index (κ3) is 2.68. The van der Waals surface area contributed by atoms with Crippen molar-refractivity contribution in [1.29, 1.82) is 0 Å². The van der Waals surface area contributed by atoms with Crippen molar-refractivity contribution in [3.05, 3.63) is 0 Å². The van der Waals surface area contributed by atoms with Crippen LogP contribution in [-0.4, -0.2) is 37.1 Å². The highest BCUT2D eigenvalue weighted by Gasteiger charge is 2.40. The van der Waals surface area contributed by atoms with E-state index in [2.05, 4.69) is 10.2 Å². The minimum absolute atomic E-state index is 0.706. The van der Waals surface area contributed by atoms with E-state index in [1.54, 1.807) is 0 Å². The molecule has 0 aromatic heterocycles. The minimum Gasteiger partial charge on any atom is -0.317 e. The fourth-order valence-electron chi connectivity index (χ4n) is 4.27. The van der Waals surface area contributed by atoms with Crippen molar-refractivity contribution in [2.45, 2.75) is 63.8 Å². The second kappa shape index (κ2) is 5.27. The van der Waals surface area contributed by atoms with Crippen molar-refractivity contribution < 1.29 is 0 Å². The van der Waals surface area contributed by atoms with E-state index in [-0.39, 0.29) is 0 Å². The molecule has 0 amide bonds. The molecular weight excluding hydrogens is 208 g/mol. The fraction of sp³-hybridized carbons (Fsp3) is 1.00.